The molecule has 0 bridgehead atoms. The molecule has 0 amide bonds. The maximum atomic E-state index is 13.3. The Morgan fingerprint density at radius 1 is 1.04 bits per heavy atom. The summed E-state index contributed by atoms with van der Waals surface area (Å²) in [4.78, 5) is 27.3. The van der Waals surface area contributed by atoms with Gasteiger partial charge in [0.05, 0.1) is 18.8 Å². The number of hydrogen-bond donors (Lipinski definition) is 1. The molecule has 2 unspecified atom stereocenters. The molecule has 1 aliphatic carbocycles. The van der Waals surface area contributed by atoms with Gasteiger partial charge >= 0.3 is 18.6 Å². The molecule has 3 aromatic rings. The van der Waals surface area contributed by atoms with Crippen LogP contribution in [0.15, 0.2) is 54.9 Å². The van der Waals surface area contributed by atoms with E-state index in [-0.39, 0.29) is 41.1 Å². The molecule has 4 rings (SSSR count). The second-order valence-corrected chi connectivity index (χ2v) is 14.7. The molecule has 0 aliphatic heterocycles. The fourth-order valence-corrected chi connectivity index (χ4v) is 6.06. The largest absolute Gasteiger partial charge is 0.619 e. The number of esters is 2. The number of halogens is 4. The van der Waals surface area contributed by atoms with Crippen LogP contribution in [0.5, 0.6) is 11.5 Å². The number of anilines is 1. The SMILES string of the molecule is CN(CC(=O)OC(Cc1c(Cl)c[n+]([O-])cc1Cl)c1ccc(OC(F)F)c(OCC2CC2)c1)Cc1ccc(N(CC(=O)OC(C)(C)C)S(=O)O)cc1. The van der Waals surface area contributed by atoms with E-state index in [0.717, 1.165) is 35.1 Å². The van der Waals surface area contributed by atoms with Gasteiger partial charge in [-0.15, -0.1) is 0 Å². The summed E-state index contributed by atoms with van der Waals surface area (Å²) >= 11 is 10.2. The number of ether oxygens (including phenoxy) is 4. The Kier molecular flexibility index (Phi) is 13.8. The number of alkyl halides is 2. The highest BCUT2D eigenvalue weighted by atomic mass is 35.5. The summed E-state index contributed by atoms with van der Waals surface area (Å²) in [5, 5.41) is 11.9. The molecule has 0 radical (unpaired) electrons. The van der Waals surface area contributed by atoms with Crippen LogP contribution < -0.4 is 18.5 Å². The third-order valence-electron chi connectivity index (χ3n) is 7.41. The molecule has 0 saturated heterocycles. The molecule has 2 atom stereocenters. The van der Waals surface area contributed by atoms with Crippen molar-refractivity contribution in [2.45, 2.75) is 64.9 Å². The van der Waals surface area contributed by atoms with Crippen LogP contribution in [-0.2, 0) is 43.3 Å². The van der Waals surface area contributed by atoms with E-state index in [2.05, 4.69) is 4.74 Å². The summed E-state index contributed by atoms with van der Waals surface area (Å²) in [7, 11) is 1.68. The lowest BCUT2D eigenvalue weighted by molar-refractivity contribution is -0.605. The summed E-state index contributed by atoms with van der Waals surface area (Å²) < 4.78 is 71.2. The first kappa shape index (κ1) is 40.0. The van der Waals surface area contributed by atoms with Crippen LogP contribution in [0.25, 0.3) is 0 Å². The number of aromatic nitrogens is 1. The van der Waals surface area contributed by atoms with Crippen LogP contribution >= 0.6 is 23.2 Å². The Bertz CT molecular complexity index is 1690. The van der Waals surface area contributed by atoms with Gasteiger partial charge in [0, 0.05) is 18.5 Å². The highest BCUT2D eigenvalue weighted by Crippen LogP contribution is 2.38. The molecule has 2 aromatic carbocycles. The van der Waals surface area contributed by atoms with E-state index < -0.39 is 48.1 Å². The number of nitrogens with zero attached hydrogens (tertiary/aromatic N) is 3. The van der Waals surface area contributed by atoms with Gasteiger partial charge in [0.1, 0.15) is 28.3 Å². The summed E-state index contributed by atoms with van der Waals surface area (Å²) in [6.45, 7) is 1.94. The highest BCUT2D eigenvalue weighted by Gasteiger charge is 2.27. The Balaban J connectivity index is 1.48. The topological polar surface area (TPSA) is 142 Å². The molecule has 12 nitrogen and oxygen atoms in total. The van der Waals surface area contributed by atoms with Gasteiger partial charge in [-0.25, -0.2) is 4.21 Å². The van der Waals surface area contributed by atoms with E-state index in [4.69, 9.17) is 37.4 Å². The van der Waals surface area contributed by atoms with Gasteiger partial charge in [-0.1, -0.05) is 41.4 Å². The monoisotopic (exact) mass is 773 g/mol. The first-order valence-corrected chi connectivity index (χ1v) is 17.6. The van der Waals surface area contributed by atoms with Crippen molar-refractivity contribution < 1.29 is 50.8 Å². The summed E-state index contributed by atoms with van der Waals surface area (Å²) in [6, 6.07) is 10.7. The zero-order chi connectivity index (χ0) is 37.5. The minimum Gasteiger partial charge on any atom is -0.619 e. The van der Waals surface area contributed by atoms with Crippen LogP contribution in [0.4, 0.5) is 14.5 Å². The molecule has 0 spiro atoms. The van der Waals surface area contributed by atoms with E-state index in [1.54, 1.807) is 57.0 Å². The van der Waals surface area contributed by atoms with Crippen LogP contribution in [0.3, 0.4) is 0 Å². The molecule has 1 heterocycles. The van der Waals surface area contributed by atoms with E-state index in [1.165, 1.54) is 18.2 Å². The molecule has 17 heteroatoms. The van der Waals surface area contributed by atoms with Crippen LogP contribution in [0, 0.1) is 11.1 Å². The lowest BCUT2D eigenvalue weighted by Gasteiger charge is -2.24. The number of benzene rings is 2. The van der Waals surface area contributed by atoms with Crippen LogP contribution in [-0.4, -0.2) is 64.6 Å². The minimum absolute atomic E-state index is 0.0386. The smallest absolute Gasteiger partial charge is 0.387 e. The summed E-state index contributed by atoms with van der Waals surface area (Å²) in [5.74, 6) is -1.13. The van der Waals surface area contributed by atoms with Crippen molar-refractivity contribution in [3.63, 3.8) is 0 Å². The summed E-state index contributed by atoms with van der Waals surface area (Å²) in [6.07, 6.45) is 3.06. The standard InChI is InChI=1S/C34H39Cl2F2N3O9S/c1-34(2,3)50-32(43)19-41(51(45)46)24-10-7-21(8-11-24)15-39(4)18-31(42)48-29(14-25-26(35)16-40(44)17-27(25)36)23-9-12-28(49-33(37)38)30(13-23)47-20-22-5-6-22/h7-13,16-17,22,29,33H,5-6,14-15,18-20H2,1-4H3,(H,45,46). The second kappa shape index (κ2) is 17.6. The third kappa shape index (κ3) is 12.8. The van der Waals surface area contributed by atoms with Crippen molar-refractivity contribution >= 4 is 52.1 Å². The van der Waals surface area contributed by atoms with Crippen molar-refractivity contribution in [3.8, 4) is 11.5 Å². The normalized spacial score (nSPS) is 14.3. The number of rotatable bonds is 17. The van der Waals surface area contributed by atoms with Crippen LogP contribution in [0.1, 0.15) is 56.4 Å². The first-order valence-electron chi connectivity index (χ1n) is 15.8. The highest BCUT2D eigenvalue weighted by molar-refractivity contribution is 7.80. The fourth-order valence-electron chi connectivity index (χ4n) is 4.94. The van der Waals surface area contributed by atoms with Crippen molar-refractivity contribution in [2.75, 3.05) is 31.0 Å². The molecule has 1 fully saturated rings. The Labute approximate surface area is 307 Å². The van der Waals surface area contributed by atoms with Gasteiger partial charge in [-0.05, 0) is 82.0 Å². The number of pyridine rings is 1. The molecule has 1 aromatic heterocycles. The predicted molar refractivity (Wildman–Crippen MR) is 186 cm³/mol. The zero-order valence-corrected chi connectivity index (χ0v) is 30.7. The van der Waals surface area contributed by atoms with E-state index in [9.17, 15) is 32.3 Å². The van der Waals surface area contributed by atoms with Gasteiger partial charge in [-0.2, -0.15) is 13.5 Å². The maximum absolute atomic E-state index is 13.3. The Morgan fingerprint density at radius 3 is 2.25 bits per heavy atom. The van der Waals surface area contributed by atoms with Crippen molar-refractivity contribution in [3.05, 3.63) is 86.8 Å². The number of likely N-dealkylation sites (N-methyl/N-ethyl adjacent to an activating group) is 1. The molecule has 51 heavy (non-hydrogen) atoms. The Morgan fingerprint density at radius 2 is 1.69 bits per heavy atom. The predicted octanol–water partition coefficient (Wildman–Crippen LogP) is 6.26. The third-order valence-corrected chi connectivity index (χ3v) is 8.77. The van der Waals surface area contributed by atoms with E-state index >= 15 is 0 Å². The van der Waals surface area contributed by atoms with E-state index in [1.807, 2.05) is 0 Å². The number of carbonyl (C=O) groups is 2. The van der Waals surface area contributed by atoms with Crippen molar-refractivity contribution in [2.24, 2.45) is 5.92 Å². The van der Waals surface area contributed by atoms with Gasteiger partial charge < -0.3 is 24.2 Å². The van der Waals surface area contributed by atoms with Crippen molar-refractivity contribution in [1.82, 2.24) is 4.90 Å². The molecule has 1 N–H and O–H groups in total. The van der Waals surface area contributed by atoms with Gasteiger partial charge in [0.15, 0.2) is 23.9 Å². The number of hydrogen-bond acceptors (Lipinski definition) is 9. The van der Waals surface area contributed by atoms with Gasteiger partial charge in [-0.3, -0.25) is 23.3 Å². The van der Waals surface area contributed by atoms with Gasteiger partial charge in [0.25, 0.3) is 11.3 Å². The number of carbonyl (C=O) groups excluding carboxylic acids is 2. The maximum Gasteiger partial charge on any atom is 0.387 e. The fraction of sp³-hybridized carbons (Fsp3) is 0.441. The second-order valence-electron chi connectivity index (χ2n) is 13.0. The van der Waals surface area contributed by atoms with Gasteiger partial charge in [0.2, 0.25) is 0 Å². The average Bonchev–Trinajstić information content (AvgIpc) is 3.84. The molecule has 1 aliphatic rings. The zero-order valence-electron chi connectivity index (χ0n) is 28.4. The molecule has 278 valence electrons. The lowest BCUT2D eigenvalue weighted by atomic mass is 10.0. The van der Waals surface area contributed by atoms with E-state index in [0.29, 0.717) is 34.1 Å². The van der Waals surface area contributed by atoms with Crippen LogP contribution in [0.2, 0.25) is 10.0 Å². The molecule has 1 saturated carbocycles. The Hall–Kier alpha value is -3.76. The summed E-state index contributed by atoms with van der Waals surface area (Å²) in [5.41, 5.74) is 1.00. The first-order chi connectivity index (χ1) is 24.0. The molecular weight excluding hydrogens is 735 g/mol. The average molecular weight is 775 g/mol. The molecular formula is C34H39Cl2F2N3O9S. The quantitative estimate of drug-likeness (QED) is 0.0723. The lowest BCUT2D eigenvalue weighted by Crippen LogP contribution is -2.36. The minimum atomic E-state index is -3.09. The van der Waals surface area contributed by atoms with Crippen molar-refractivity contribution in [1.29, 1.82) is 0 Å².